The summed E-state index contributed by atoms with van der Waals surface area (Å²) >= 11 is 12.4. The number of nitrogens with one attached hydrogen (secondary N) is 3. The van der Waals surface area contributed by atoms with E-state index in [2.05, 4.69) is 41.2 Å². The first-order chi connectivity index (χ1) is 59.4. The van der Waals surface area contributed by atoms with E-state index in [1.165, 1.54) is 24.3 Å². The molecule has 6 heterocycles. The normalized spacial score (nSPS) is 17.1. The lowest BCUT2D eigenvalue weighted by Crippen LogP contribution is -2.43. The zero-order valence-corrected chi connectivity index (χ0v) is 75.7. The first kappa shape index (κ1) is 95.7. The van der Waals surface area contributed by atoms with Gasteiger partial charge in [-0.15, -0.1) is 20.4 Å². The molecule has 670 valence electrons. The molecule has 4 atom stereocenters. The number of hydrogen-bond acceptors (Lipinski definition) is 22. The maximum atomic E-state index is 13.5. The second-order valence-corrected chi connectivity index (χ2v) is 39.0. The van der Waals surface area contributed by atoms with E-state index in [1.54, 1.807) is 38.5 Å². The molecule has 0 bridgehead atoms. The minimum absolute atomic E-state index is 0.0223. The molecule has 12 rings (SSSR count). The third-order valence-corrected chi connectivity index (χ3v) is 26.8. The van der Waals surface area contributed by atoms with E-state index in [0.29, 0.717) is 164 Å². The van der Waals surface area contributed by atoms with Gasteiger partial charge < -0.3 is 40.6 Å². The number of unbranched alkanes of at least 4 members (excludes halogenated alkanes) is 8. The number of amides is 3. The van der Waals surface area contributed by atoms with Crippen LogP contribution in [0.5, 0.6) is 11.5 Å². The molecule has 31 nitrogen and oxygen atoms in total. The Hall–Kier alpha value is -9.92. The Morgan fingerprint density at radius 2 is 1.05 bits per heavy atom. The van der Waals surface area contributed by atoms with E-state index >= 15 is 0 Å². The lowest BCUT2D eigenvalue weighted by atomic mass is 9.73. The van der Waals surface area contributed by atoms with E-state index < -0.39 is 74.9 Å². The minimum Gasteiger partial charge on any atom is -0.748 e. The van der Waals surface area contributed by atoms with Crippen molar-refractivity contribution in [3.63, 3.8) is 0 Å². The van der Waals surface area contributed by atoms with Crippen LogP contribution in [-0.2, 0) is 65.7 Å². The third-order valence-electron chi connectivity index (χ3n) is 23.0. The number of carbonyl (C=O) groups is 3. The molecule has 2 aromatic heterocycles. The Labute approximate surface area is 740 Å². The first-order valence-electron chi connectivity index (χ1n) is 41.7. The van der Waals surface area contributed by atoms with Gasteiger partial charge in [-0.05, 0) is 201 Å². The van der Waals surface area contributed by atoms with E-state index in [4.69, 9.17) is 48.4 Å². The number of ether oxygens (including phenoxy) is 2. The summed E-state index contributed by atoms with van der Waals surface area (Å²) in [5, 5.41) is 27.8. The van der Waals surface area contributed by atoms with Crippen LogP contribution in [0, 0.1) is 13.8 Å². The monoisotopic (exact) mass is 1830 g/mol. The highest BCUT2D eigenvalue weighted by atomic mass is 35.5. The summed E-state index contributed by atoms with van der Waals surface area (Å²) in [6, 6.07) is 33.6. The Balaban J connectivity index is 0.000000370. The topological polar surface area (TPSA) is 444 Å². The standard InChI is InChI=1S/C63H79ClN8O15S4.C25H29ClN6O2/c1-43-68-69-61-52(67-60(44-22-24-45(64)25-23-44)49-39-46(87-5)26-29-53(49)72(43)61)42-59(74)66-34-14-8-13-33-65-58(73)21-11-7-12-32-63(4)51-41-48(91(84,85)86)28-31-55(51)71(36-16-18-38-89(78,79)80)57(63)20-10-6-9-19-56-62(2,3)50-40-47(90(81,82)83)27-30-54(50)70(56)35-15-17-37-88(75,76)77;1-16-30-31-25-21(15-23(33)28-13-5-3-4-12-27)29-24(17-6-8-18(26)9-7-17)20-14-19(34-2)10-11-22(20)32(16)25/h6,9-10,19,22-31,39-41,52,57H,7-8,11-18,20-21,32-38,42H2,1-5H3,(H5-,65,66,73,74,75,76,77,78,79,80,81,82,83,84,85,86);6-11,14,21H,3-5,12-13,15,27H2,1-2H3,(H,28,33)/b10-6+,19-9+;/t52-,57?,63?;21-/m00/s1. The molecule has 4 aliphatic rings. The number of carbonyl (C=O) groups excluding carboxylic acids is 3. The van der Waals surface area contributed by atoms with Crippen molar-refractivity contribution in [3.05, 3.63) is 212 Å². The highest BCUT2D eigenvalue weighted by Crippen LogP contribution is 2.51. The van der Waals surface area contributed by atoms with Crippen molar-refractivity contribution < 1.29 is 80.3 Å². The van der Waals surface area contributed by atoms with Gasteiger partial charge in [0.25, 0.3) is 30.4 Å². The molecule has 37 heteroatoms. The summed E-state index contributed by atoms with van der Waals surface area (Å²) in [6.07, 6.45) is 16.5. The zero-order chi connectivity index (χ0) is 90.2. The first-order valence-corrected chi connectivity index (χ1v) is 48.5. The van der Waals surface area contributed by atoms with Crippen LogP contribution in [0.4, 0.5) is 11.4 Å². The highest BCUT2D eigenvalue weighted by molar-refractivity contribution is 7.86. The molecule has 0 aliphatic carbocycles. The SMILES string of the molecule is COc1ccc2c(c1)C(c1ccc(Cl)cc1)=N[C@@H](CC(=O)NCCCCCN)c1nnc(C)n1-2.COc1ccc2c(c1)C(c1ccc(Cl)cc1)=N[C@@H](CC(=O)NCCCCCNC(=O)CCCCCC1(C)c3cc(S(=O)(=O)O)ccc3N(CCCCS(=O)(=O)[O-])C1C/C=C/C=C/C1=[N+](CCCCS(=O)(=O)O)c3ccc(S(=O)(=O)O)cc3C1(C)C)c1nnc(C)n1-2. The van der Waals surface area contributed by atoms with Crippen molar-refractivity contribution in [1.29, 1.82) is 0 Å². The van der Waals surface area contributed by atoms with Crippen LogP contribution in [0.3, 0.4) is 0 Å². The summed E-state index contributed by atoms with van der Waals surface area (Å²) in [5.74, 6) is 2.49. The molecule has 4 aliphatic heterocycles. The predicted octanol–water partition coefficient (Wildman–Crippen LogP) is 12.9. The van der Waals surface area contributed by atoms with Crippen molar-refractivity contribution in [3.8, 4) is 22.9 Å². The summed E-state index contributed by atoms with van der Waals surface area (Å²) in [7, 11) is -14.6. The van der Waals surface area contributed by atoms with Gasteiger partial charge >= 0.3 is 0 Å². The number of halogens is 2. The number of methoxy groups -OCH3 is 2. The van der Waals surface area contributed by atoms with Gasteiger partial charge in [0.15, 0.2) is 17.4 Å². The fourth-order valence-electron chi connectivity index (χ4n) is 16.6. The molecule has 0 saturated heterocycles. The number of aliphatic imine (C=N–C) groups is 2. The summed E-state index contributed by atoms with van der Waals surface area (Å²) < 4.78 is 154. The van der Waals surface area contributed by atoms with Gasteiger partial charge in [0.1, 0.15) is 41.8 Å². The van der Waals surface area contributed by atoms with Gasteiger partial charge in [-0.1, -0.05) is 91.9 Å². The number of hydrogen-bond donors (Lipinski definition) is 7. The van der Waals surface area contributed by atoms with Crippen molar-refractivity contribution in [2.45, 2.75) is 189 Å². The highest BCUT2D eigenvalue weighted by Gasteiger charge is 2.48. The largest absolute Gasteiger partial charge is 0.748 e. The number of aryl methyl sites for hydroxylation is 2. The number of anilines is 1. The quantitative estimate of drug-likeness (QED) is 0.00810. The number of nitrogens with zero attached hydrogens (tertiary/aromatic N) is 10. The molecule has 6 aromatic carbocycles. The summed E-state index contributed by atoms with van der Waals surface area (Å²) in [6.45, 7) is 12.3. The molecular formula is C88H108Cl2N14O17S4. The predicted molar refractivity (Wildman–Crippen MR) is 479 cm³/mol. The lowest BCUT2D eigenvalue weighted by molar-refractivity contribution is -0.438. The molecule has 125 heavy (non-hydrogen) atoms. The van der Waals surface area contributed by atoms with Gasteiger partial charge in [-0.3, -0.25) is 47.2 Å². The van der Waals surface area contributed by atoms with Gasteiger partial charge in [0.05, 0.1) is 80.9 Å². The Morgan fingerprint density at radius 1 is 0.560 bits per heavy atom. The van der Waals surface area contributed by atoms with Crippen molar-refractivity contribution >= 4 is 110 Å². The zero-order valence-electron chi connectivity index (χ0n) is 71.0. The molecule has 0 fully saturated rings. The van der Waals surface area contributed by atoms with Gasteiger partial charge in [-0.2, -0.15) is 29.8 Å². The third kappa shape index (κ3) is 24.5. The molecule has 0 saturated carbocycles. The van der Waals surface area contributed by atoms with E-state index in [-0.39, 0.29) is 65.7 Å². The van der Waals surface area contributed by atoms with Gasteiger partial charge in [-0.25, -0.2) is 8.42 Å². The summed E-state index contributed by atoms with van der Waals surface area (Å²) in [4.78, 5) is 51.2. The lowest BCUT2D eigenvalue weighted by Gasteiger charge is -2.37. The second kappa shape index (κ2) is 42.1. The van der Waals surface area contributed by atoms with Crippen LogP contribution in [0.2, 0.25) is 10.0 Å². The molecule has 8 aromatic rings. The molecule has 0 spiro atoms. The van der Waals surface area contributed by atoms with Crippen LogP contribution >= 0.6 is 23.2 Å². The number of nitrogens with two attached hydrogens (primary N) is 1. The number of fused-ring (bicyclic) bond motifs is 8. The fourth-order valence-corrected chi connectivity index (χ4v) is 19.0. The average molecular weight is 1830 g/mol. The number of allylic oxidation sites excluding steroid dienone is 3. The summed E-state index contributed by atoms with van der Waals surface area (Å²) in [5.41, 5.74) is 13.8. The van der Waals surface area contributed by atoms with Crippen molar-refractivity contribution in [2.75, 3.05) is 69.9 Å². The van der Waals surface area contributed by atoms with Crippen LogP contribution in [0.1, 0.15) is 205 Å². The number of rotatable bonds is 41. The Bertz CT molecular complexity index is 5900. The Morgan fingerprint density at radius 3 is 1.55 bits per heavy atom. The van der Waals surface area contributed by atoms with E-state index in [1.807, 2.05) is 145 Å². The van der Waals surface area contributed by atoms with Crippen molar-refractivity contribution in [2.24, 2.45) is 15.7 Å². The maximum absolute atomic E-state index is 13.5. The Kier molecular flexibility index (Phi) is 32.3. The smallest absolute Gasteiger partial charge is 0.294 e. The average Bonchev–Trinajstić information content (AvgIpc) is 1.59. The minimum atomic E-state index is -4.63. The van der Waals surface area contributed by atoms with Crippen molar-refractivity contribution in [1.82, 2.24) is 45.5 Å². The van der Waals surface area contributed by atoms with Gasteiger partial charge in [0, 0.05) is 112 Å². The second-order valence-electron chi connectivity index (χ2n) is 32.2. The van der Waals surface area contributed by atoms with E-state index in [0.717, 1.165) is 76.6 Å². The maximum Gasteiger partial charge on any atom is 0.294 e. The number of aromatic nitrogens is 6. The molecule has 3 amide bonds. The number of benzene rings is 6. The molecule has 8 N–H and O–H groups in total. The van der Waals surface area contributed by atoms with Gasteiger partial charge in [0.2, 0.25) is 23.4 Å². The molecule has 0 radical (unpaired) electrons. The molecular weight excluding hydrogens is 1720 g/mol. The van der Waals surface area contributed by atoms with Crippen LogP contribution in [0.15, 0.2) is 165 Å². The fraction of sp³-hybridized carbons (Fsp3) is 0.432. The van der Waals surface area contributed by atoms with E-state index in [9.17, 15) is 66.3 Å². The van der Waals surface area contributed by atoms with Crippen LogP contribution in [-0.4, -0.2) is 192 Å². The molecule has 2 unspecified atom stereocenters. The van der Waals surface area contributed by atoms with Crippen LogP contribution in [0.25, 0.3) is 11.4 Å². The van der Waals surface area contributed by atoms with Crippen LogP contribution < -0.4 is 36.1 Å².